The van der Waals surface area contributed by atoms with E-state index in [1.807, 2.05) is 0 Å². The Morgan fingerprint density at radius 2 is 1.24 bits per heavy atom. The van der Waals surface area contributed by atoms with E-state index in [-0.39, 0.29) is 18.2 Å². The highest BCUT2D eigenvalue weighted by Gasteiger charge is 2.38. The van der Waals surface area contributed by atoms with E-state index in [0.717, 1.165) is 30.4 Å². The molecular weight excluding hydrogens is 821 g/mol. The Labute approximate surface area is 310 Å². The zero-order valence-electron chi connectivity index (χ0n) is 27.7. The number of nitrogens with zero attached hydrogens (tertiary/aromatic N) is 3. The van der Waals surface area contributed by atoms with Crippen molar-refractivity contribution >= 4 is 75.8 Å². The van der Waals surface area contributed by atoms with Crippen LogP contribution in [0.2, 0.25) is 0 Å². The Morgan fingerprint density at radius 1 is 0.727 bits per heavy atom. The second-order valence-electron chi connectivity index (χ2n) is 10.5. The molecule has 4 rings (SSSR count). The molecule has 22 nitrogen and oxygen atoms in total. The number of aromatic amines is 1. The number of hydrogen-bond acceptors (Lipinski definition) is 15. The van der Waals surface area contributed by atoms with Crippen LogP contribution in [0.1, 0.15) is 29.9 Å². The number of nitrogens with one attached hydrogen (secondary N) is 1. The van der Waals surface area contributed by atoms with E-state index in [0.29, 0.717) is 41.1 Å². The highest BCUT2D eigenvalue weighted by atomic mass is 32.2. The third-order valence-electron chi connectivity index (χ3n) is 6.98. The smallest absolute Gasteiger partial charge is 0.359 e. The first-order chi connectivity index (χ1) is 25.4. The minimum Gasteiger partial charge on any atom is -0.461 e. The SMILES string of the molecule is CCOC(=O)C1=NN(c2cc(S(=O)(=O)O)ccc2S(=O)(=O)O)C(=O)/C1=C/C=C/C=C/c1c(C(=O)OCC)[nH]n(-c2cc(S(=O)(=O)O)ccc2S(=O)(=O)O)c1=O. The number of H-pyrrole nitrogens is 1. The number of esters is 2. The molecule has 0 spiro atoms. The molecule has 0 aliphatic carbocycles. The molecule has 0 unspecified atom stereocenters. The third kappa shape index (κ3) is 9.20. The van der Waals surface area contributed by atoms with E-state index < -0.39 is 117 Å². The predicted molar refractivity (Wildman–Crippen MR) is 186 cm³/mol. The van der Waals surface area contributed by atoms with Gasteiger partial charge in [-0.15, -0.1) is 0 Å². The lowest BCUT2D eigenvalue weighted by atomic mass is 10.1. The summed E-state index contributed by atoms with van der Waals surface area (Å²) < 4.78 is 144. The number of carbonyl (C=O) groups excluding carboxylic acids is 3. The molecule has 1 aromatic heterocycles. The van der Waals surface area contributed by atoms with Gasteiger partial charge in [-0.05, 0) is 62.4 Å². The maximum absolute atomic E-state index is 13.5. The maximum atomic E-state index is 13.5. The molecule has 1 aliphatic rings. The fourth-order valence-corrected chi connectivity index (χ4v) is 6.98. The zero-order chi connectivity index (χ0) is 41.3. The average molecular weight is 847 g/mol. The van der Waals surface area contributed by atoms with Gasteiger partial charge in [-0.2, -0.15) is 43.8 Å². The molecule has 0 atom stereocenters. The number of hydrogen-bond donors (Lipinski definition) is 5. The summed E-state index contributed by atoms with van der Waals surface area (Å²) in [6, 6.07) is 3.38. The highest BCUT2D eigenvalue weighted by molar-refractivity contribution is 7.87. The topological polar surface area (TPSA) is 341 Å². The fraction of sp³-hybridized carbons (Fsp3) is 0.138. The van der Waals surface area contributed by atoms with Crippen molar-refractivity contribution in [1.29, 1.82) is 0 Å². The lowest BCUT2D eigenvalue weighted by Gasteiger charge is -2.15. The van der Waals surface area contributed by atoms with Gasteiger partial charge in [0, 0.05) is 0 Å². The molecule has 3 aromatic rings. The van der Waals surface area contributed by atoms with Crippen LogP contribution >= 0.6 is 0 Å². The standard InChI is InChI=1S/C29H26N4O18S4/c1-3-50-28(36)24-18(26(34)32(30-24)20-14-16(52(38,39)40)10-12-22(20)54(44,45)46)8-6-5-7-9-19-25(29(37)51-4-2)31-33(27(19)35)21-15-17(53(41,42)43)11-13-23(21)55(47,48)49/h5-15,30H,3-4H2,1-2H3,(H,38,39,40)(H,41,42,43)(H,44,45,46)(H,47,48,49)/b7-5+,8-6+,19-9+. The molecule has 2 aromatic carbocycles. The lowest BCUT2D eigenvalue weighted by molar-refractivity contribution is -0.135. The highest BCUT2D eigenvalue weighted by Crippen LogP contribution is 2.33. The van der Waals surface area contributed by atoms with Gasteiger partial charge in [0.15, 0.2) is 11.4 Å². The van der Waals surface area contributed by atoms with E-state index in [9.17, 15) is 71.1 Å². The monoisotopic (exact) mass is 846 g/mol. The Bertz CT molecular complexity index is 2760. The minimum absolute atomic E-state index is 0.210. The van der Waals surface area contributed by atoms with Crippen LogP contribution in [0.15, 0.2) is 95.8 Å². The molecule has 55 heavy (non-hydrogen) atoms. The van der Waals surface area contributed by atoms with Crippen molar-refractivity contribution < 1.29 is 75.7 Å². The number of anilines is 1. The largest absolute Gasteiger partial charge is 0.461 e. The Balaban J connectivity index is 1.82. The van der Waals surface area contributed by atoms with Gasteiger partial charge in [0.2, 0.25) is 0 Å². The summed E-state index contributed by atoms with van der Waals surface area (Å²) >= 11 is 0. The Morgan fingerprint density at radius 3 is 1.75 bits per heavy atom. The van der Waals surface area contributed by atoms with Crippen molar-refractivity contribution in [3.05, 3.63) is 87.9 Å². The molecule has 2 heterocycles. The average Bonchev–Trinajstić information content (AvgIpc) is 3.58. The van der Waals surface area contributed by atoms with Crippen LogP contribution < -0.4 is 10.6 Å². The van der Waals surface area contributed by atoms with Crippen LogP contribution in [0.25, 0.3) is 11.8 Å². The summed E-state index contributed by atoms with van der Waals surface area (Å²) in [5.74, 6) is -3.62. The van der Waals surface area contributed by atoms with Crippen molar-refractivity contribution in [3.8, 4) is 5.69 Å². The second kappa shape index (κ2) is 15.6. The Kier molecular flexibility index (Phi) is 12.0. The second-order valence-corrected chi connectivity index (χ2v) is 16.2. The first-order valence-electron chi connectivity index (χ1n) is 14.8. The van der Waals surface area contributed by atoms with Gasteiger partial charge in [-0.3, -0.25) is 32.9 Å². The van der Waals surface area contributed by atoms with Crippen LogP contribution in [0.3, 0.4) is 0 Å². The minimum atomic E-state index is -5.17. The lowest BCUT2D eigenvalue weighted by Crippen LogP contribution is -2.24. The number of allylic oxidation sites excluding steroid dienone is 4. The van der Waals surface area contributed by atoms with Crippen LogP contribution in [0.5, 0.6) is 0 Å². The Hall–Kier alpha value is -5.61. The molecule has 1 amide bonds. The number of hydrazone groups is 1. The number of ether oxygens (including phenoxy) is 2. The van der Waals surface area contributed by atoms with Crippen LogP contribution in [-0.2, 0) is 59.5 Å². The van der Waals surface area contributed by atoms with Gasteiger partial charge in [0.25, 0.3) is 51.9 Å². The third-order valence-corrected chi connectivity index (χ3v) is 10.5. The molecule has 1 aliphatic heterocycles. The number of carbonyl (C=O) groups is 3. The van der Waals surface area contributed by atoms with Crippen molar-refractivity contribution in [3.63, 3.8) is 0 Å². The van der Waals surface area contributed by atoms with Crippen molar-refractivity contribution in [2.45, 2.75) is 33.4 Å². The number of rotatable bonds is 13. The van der Waals surface area contributed by atoms with Crippen molar-refractivity contribution in [1.82, 2.24) is 9.78 Å². The summed E-state index contributed by atoms with van der Waals surface area (Å²) in [7, 11) is -20.3. The van der Waals surface area contributed by atoms with E-state index in [1.54, 1.807) is 0 Å². The van der Waals surface area contributed by atoms with E-state index >= 15 is 0 Å². The summed E-state index contributed by atoms with van der Waals surface area (Å²) in [6.45, 7) is 2.38. The van der Waals surface area contributed by atoms with Crippen LogP contribution in [0, 0.1) is 0 Å². The summed E-state index contributed by atoms with van der Waals surface area (Å²) in [5.41, 5.74) is -5.35. The summed E-state index contributed by atoms with van der Waals surface area (Å²) in [4.78, 5) is 48.6. The fourth-order valence-electron chi connectivity index (χ4n) is 4.67. The molecule has 5 N–H and O–H groups in total. The number of benzene rings is 2. The predicted octanol–water partition coefficient (Wildman–Crippen LogP) is 0.791. The number of amides is 1. The van der Waals surface area contributed by atoms with E-state index in [1.165, 1.54) is 13.8 Å². The van der Waals surface area contributed by atoms with Gasteiger partial charge < -0.3 is 9.47 Å². The van der Waals surface area contributed by atoms with Gasteiger partial charge >= 0.3 is 11.9 Å². The van der Waals surface area contributed by atoms with Gasteiger partial charge in [-0.25, -0.2) is 14.3 Å². The molecule has 0 saturated carbocycles. The first kappa shape index (κ1) is 42.1. The molecule has 0 radical (unpaired) electrons. The zero-order valence-corrected chi connectivity index (χ0v) is 31.0. The maximum Gasteiger partial charge on any atom is 0.359 e. The van der Waals surface area contributed by atoms with E-state index in [4.69, 9.17) is 9.47 Å². The normalized spacial score (nSPS) is 14.9. The molecule has 0 fully saturated rings. The van der Waals surface area contributed by atoms with Crippen molar-refractivity contribution in [2.75, 3.05) is 18.2 Å². The van der Waals surface area contributed by atoms with Crippen molar-refractivity contribution in [2.24, 2.45) is 5.10 Å². The number of aromatic nitrogens is 2. The van der Waals surface area contributed by atoms with Gasteiger partial charge in [-0.1, -0.05) is 18.2 Å². The van der Waals surface area contributed by atoms with Crippen LogP contribution in [0.4, 0.5) is 5.69 Å². The summed E-state index contributed by atoms with van der Waals surface area (Å²) in [6.07, 6.45) is 5.18. The molecule has 0 bridgehead atoms. The van der Waals surface area contributed by atoms with E-state index in [2.05, 4.69) is 10.2 Å². The first-order valence-corrected chi connectivity index (χ1v) is 20.5. The molecular formula is C29H26N4O18S4. The molecule has 294 valence electrons. The molecule has 26 heteroatoms. The summed E-state index contributed by atoms with van der Waals surface area (Å²) in [5, 5.41) is 6.29. The van der Waals surface area contributed by atoms with Crippen LogP contribution in [-0.4, -0.2) is 98.4 Å². The van der Waals surface area contributed by atoms with Gasteiger partial charge in [0.05, 0.1) is 45.5 Å². The van der Waals surface area contributed by atoms with Gasteiger partial charge in [0.1, 0.15) is 9.79 Å². The molecule has 0 saturated heterocycles. The quantitative estimate of drug-likeness (QED) is 0.0687.